The molecule has 0 fully saturated rings. The highest BCUT2D eigenvalue weighted by Crippen LogP contribution is 2.41. The normalized spacial score (nSPS) is 15.3. The van der Waals surface area contributed by atoms with E-state index in [-0.39, 0.29) is 16.2 Å². The van der Waals surface area contributed by atoms with Crippen LogP contribution < -0.4 is 12.9 Å². The predicted octanol–water partition coefficient (Wildman–Crippen LogP) is 5.39. The number of hydrogen-bond donors (Lipinski definition) is 0. The van der Waals surface area contributed by atoms with E-state index in [2.05, 4.69) is 124 Å². The molecule has 0 unspecified atom stereocenters. The number of nitrogens with zero attached hydrogens (tertiary/aromatic N) is 3. The van der Waals surface area contributed by atoms with E-state index in [4.69, 9.17) is 0 Å². The van der Waals surface area contributed by atoms with Crippen LogP contribution in [0.25, 0.3) is 11.4 Å². The van der Waals surface area contributed by atoms with Gasteiger partial charge in [0.2, 0.25) is 0 Å². The van der Waals surface area contributed by atoms with Gasteiger partial charge in [-0.1, -0.05) is 86.6 Å². The zero-order chi connectivity index (χ0) is 24.1. The highest BCUT2D eigenvalue weighted by atomic mass is 27.2. The molecule has 0 spiro atoms. The molecule has 0 aliphatic carbocycles. The summed E-state index contributed by atoms with van der Waals surface area (Å²) in [6.07, 6.45) is 4.66. The zero-order valence-electron chi connectivity index (χ0n) is 22.2. The van der Waals surface area contributed by atoms with Gasteiger partial charge in [0.05, 0.1) is 11.8 Å². The van der Waals surface area contributed by atoms with Gasteiger partial charge in [-0.05, 0) is 50.5 Å². The molecule has 4 heteroatoms. The number of aromatic nitrogens is 2. The van der Waals surface area contributed by atoms with Crippen molar-refractivity contribution in [3.05, 3.63) is 65.0 Å². The fourth-order valence-corrected chi connectivity index (χ4v) is 9.61. The van der Waals surface area contributed by atoms with E-state index in [1.165, 1.54) is 39.3 Å². The lowest BCUT2D eigenvalue weighted by Crippen LogP contribution is -2.59. The Morgan fingerprint density at radius 2 is 1.45 bits per heavy atom. The summed E-state index contributed by atoms with van der Waals surface area (Å²) in [5.41, 5.74) is 9.03. The Morgan fingerprint density at radius 1 is 0.848 bits per heavy atom. The molecule has 172 valence electrons. The first kappa shape index (κ1) is 22.8. The molecule has 2 aliphatic heterocycles. The topological polar surface area (TPSA) is 12.1 Å². The summed E-state index contributed by atoms with van der Waals surface area (Å²) in [5.74, 6) is 1.41. The Bertz CT molecular complexity index is 1230. The van der Waals surface area contributed by atoms with Gasteiger partial charge in [-0.3, -0.25) is 0 Å². The summed E-state index contributed by atoms with van der Waals surface area (Å²) in [5, 5.41) is 0. The standard InChI is InChI=1S/C18H29.C11H10N3.Al/c1-16(2,3)13-10-14(17(4,5)6)12-15(11-13)18(7,8)9;1-12-9-4-2-3-8-7-14-6-5-13-11(14)10(8)9;/h10-11H,1-9H3;2-6H,7H2,1H3;/q;-1;+2. The second-order valence-electron chi connectivity index (χ2n) is 13.2. The van der Waals surface area contributed by atoms with Crippen molar-refractivity contribution < 1.29 is 4.57 Å². The van der Waals surface area contributed by atoms with Gasteiger partial charge in [-0.15, -0.1) is 0 Å². The SMILES string of the molecule is C[N]1c2cccc3c2-c2[n](cc[n+]2C3)[Al]1[c]1c(C(C)(C)C)cc(C(C)(C)C)cc1C(C)(C)C. The van der Waals surface area contributed by atoms with Crippen molar-refractivity contribution >= 4 is 24.7 Å². The highest BCUT2D eigenvalue weighted by molar-refractivity contribution is 6.77. The minimum absolute atomic E-state index is 0.0655. The van der Waals surface area contributed by atoms with Crippen LogP contribution in [0, 0.1) is 0 Å². The Hall–Kier alpha value is -2.02. The van der Waals surface area contributed by atoms with Gasteiger partial charge in [0.15, 0.2) is 0 Å². The van der Waals surface area contributed by atoms with Crippen LogP contribution in [0.4, 0.5) is 5.69 Å². The third-order valence-electron chi connectivity index (χ3n) is 7.55. The minimum Gasteiger partial charge on any atom is -0.422 e. The highest BCUT2D eigenvalue weighted by Gasteiger charge is 2.54. The quantitative estimate of drug-likeness (QED) is 0.276. The van der Waals surface area contributed by atoms with E-state index in [0.717, 1.165) is 6.54 Å². The molecule has 3 aromatic rings. The lowest BCUT2D eigenvalue weighted by atomic mass is 9.75. The first-order valence-corrected chi connectivity index (χ1v) is 14.0. The van der Waals surface area contributed by atoms with Crippen LogP contribution in [0.1, 0.15) is 84.6 Å². The van der Waals surface area contributed by atoms with Crippen molar-refractivity contribution in [1.82, 2.24) is 3.55 Å². The summed E-state index contributed by atoms with van der Waals surface area (Å²) >= 11 is -1.78. The van der Waals surface area contributed by atoms with Gasteiger partial charge < -0.3 is 7.43 Å². The number of rotatable bonds is 1. The molecule has 2 aliphatic rings. The molecule has 5 rings (SSSR count). The third-order valence-corrected chi connectivity index (χ3v) is 10.6. The Balaban J connectivity index is 1.87. The number of hydrogen-bond acceptors (Lipinski definition) is 1. The average molecular weight is 457 g/mol. The van der Waals surface area contributed by atoms with Crippen molar-refractivity contribution in [2.75, 3.05) is 10.9 Å². The first-order valence-electron chi connectivity index (χ1n) is 12.3. The summed E-state index contributed by atoms with van der Waals surface area (Å²) in [7, 11) is 2.34. The Labute approximate surface area is 204 Å². The fourth-order valence-electron chi connectivity index (χ4n) is 5.75. The molecular weight excluding hydrogens is 417 g/mol. The Morgan fingerprint density at radius 3 is 2.00 bits per heavy atom. The lowest BCUT2D eigenvalue weighted by Gasteiger charge is -2.37. The fraction of sp³-hybridized carbons (Fsp3) is 0.483. The molecule has 0 amide bonds. The molecule has 1 aromatic heterocycles. The lowest BCUT2D eigenvalue weighted by molar-refractivity contribution is -0.670. The van der Waals surface area contributed by atoms with E-state index in [1.807, 2.05) is 0 Å². The minimum atomic E-state index is -1.78. The maximum atomic E-state index is 2.66. The molecule has 0 saturated heterocycles. The van der Waals surface area contributed by atoms with Gasteiger partial charge >= 0.3 is 14.6 Å². The van der Waals surface area contributed by atoms with Crippen LogP contribution in [0.15, 0.2) is 42.7 Å². The van der Waals surface area contributed by atoms with Crippen LogP contribution in [0.5, 0.6) is 0 Å². The zero-order valence-corrected chi connectivity index (χ0v) is 23.3. The summed E-state index contributed by atoms with van der Waals surface area (Å²) in [6.45, 7) is 22.4. The molecule has 0 atom stereocenters. The molecule has 3 heterocycles. The number of benzene rings is 2. The van der Waals surface area contributed by atoms with Crippen LogP contribution in [-0.2, 0) is 22.8 Å². The average Bonchev–Trinajstić information content (AvgIpc) is 3.25. The Kier molecular flexibility index (Phi) is 4.83. The molecule has 33 heavy (non-hydrogen) atoms. The summed E-state index contributed by atoms with van der Waals surface area (Å²) < 4.78 is 9.37. The number of imidazole rings is 1. The third kappa shape index (κ3) is 3.41. The van der Waals surface area contributed by atoms with Gasteiger partial charge in [0.1, 0.15) is 12.7 Å². The monoisotopic (exact) mass is 456 g/mol. The first-order chi connectivity index (χ1) is 15.2. The van der Waals surface area contributed by atoms with E-state index < -0.39 is 14.6 Å². The summed E-state index contributed by atoms with van der Waals surface area (Å²) in [4.78, 5) is 0. The van der Waals surface area contributed by atoms with E-state index in [9.17, 15) is 0 Å². The van der Waals surface area contributed by atoms with Crippen molar-refractivity contribution in [2.24, 2.45) is 0 Å². The summed E-state index contributed by atoms with van der Waals surface area (Å²) in [6, 6.07) is 12.0. The van der Waals surface area contributed by atoms with Crippen LogP contribution in [0.2, 0.25) is 0 Å². The van der Waals surface area contributed by atoms with Gasteiger partial charge in [-0.2, -0.15) is 0 Å². The van der Waals surface area contributed by atoms with E-state index in [0.29, 0.717) is 0 Å². The second kappa shape index (κ2) is 7.00. The van der Waals surface area contributed by atoms with Gasteiger partial charge in [0, 0.05) is 11.3 Å². The van der Waals surface area contributed by atoms with E-state index in [1.54, 1.807) is 4.43 Å². The molecule has 0 radical (unpaired) electrons. The predicted molar refractivity (Wildman–Crippen MR) is 141 cm³/mol. The molecular formula is C29H39AlN3+. The smallest absolute Gasteiger partial charge is 0.422 e. The van der Waals surface area contributed by atoms with Crippen molar-refractivity contribution in [3.63, 3.8) is 0 Å². The van der Waals surface area contributed by atoms with Crippen molar-refractivity contribution in [2.45, 2.75) is 85.1 Å². The molecule has 0 N–H and O–H groups in total. The maximum Gasteiger partial charge on any atom is 0.789 e. The van der Waals surface area contributed by atoms with Crippen LogP contribution >= 0.6 is 0 Å². The molecule has 2 aromatic carbocycles. The number of anilines is 1. The van der Waals surface area contributed by atoms with Crippen molar-refractivity contribution in [3.8, 4) is 11.4 Å². The second-order valence-corrected chi connectivity index (χ2v) is 15.8. The van der Waals surface area contributed by atoms with Crippen LogP contribution in [0.3, 0.4) is 0 Å². The van der Waals surface area contributed by atoms with Gasteiger partial charge in [-0.25, -0.2) is 4.57 Å². The van der Waals surface area contributed by atoms with Crippen molar-refractivity contribution in [1.29, 1.82) is 0 Å². The van der Waals surface area contributed by atoms with E-state index >= 15 is 0 Å². The van der Waals surface area contributed by atoms with Crippen LogP contribution in [-0.4, -0.2) is 25.2 Å². The largest absolute Gasteiger partial charge is 0.789 e. The maximum absolute atomic E-state index is 2.66. The molecule has 0 saturated carbocycles. The molecule has 3 nitrogen and oxygen atoms in total. The molecule has 0 bridgehead atoms. The van der Waals surface area contributed by atoms with Gasteiger partial charge in [0.25, 0.3) is 5.82 Å².